The molecule has 142 valence electrons. The molecule has 7 nitrogen and oxygen atoms in total. The summed E-state index contributed by atoms with van der Waals surface area (Å²) in [6.07, 6.45) is 7.06. The van der Waals surface area contributed by atoms with Crippen molar-refractivity contribution in [3.05, 3.63) is 47.7 Å². The Hall–Kier alpha value is -2.55. The van der Waals surface area contributed by atoms with Crippen molar-refractivity contribution >= 4 is 22.7 Å². The number of rotatable bonds is 7. The summed E-state index contributed by atoms with van der Waals surface area (Å²) in [7, 11) is 0. The minimum Gasteiger partial charge on any atom is -0.474 e. The van der Waals surface area contributed by atoms with Crippen molar-refractivity contribution in [1.82, 2.24) is 15.0 Å². The van der Waals surface area contributed by atoms with Crippen LogP contribution in [0.25, 0.3) is 0 Å². The minimum atomic E-state index is -0.612. The first-order valence-corrected chi connectivity index (χ1v) is 9.45. The smallest absolute Gasteiger partial charge is 0.232 e. The molecule has 27 heavy (non-hydrogen) atoms. The molecule has 0 saturated carbocycles. The van der Waals surface area contributed by atoms with Crippen LogP contribution in [0.15, 0.2) is 35.8 Å². The van der Waals surface area contributed by atoms with E-state index in [9.17, 15) is 9.18 Å². The van der Waals surface area contributed by atoms with Gasteiger partial charge in [0, 0.05) is 24.6 Å². The molecule has 0 aliphatic carbocycles. The molecule has 2 aromatic rings. The Bertz CT molecular complexity index is 846. The van der Waals surface area contributed by atoms with E-state index >= 15 is 0 Å². The first kappa shape index (κ1) is 19.2. The number of amidine groups is 1. The molecule has 0 spiro atoms. The number of aliphatic imine (C=N–C) groups is 1. The minimum absolute atomic E-state index is 0.0926. The van der Waals surface area contributed by atoms with Crippen LogP contribution in [-0.2, 0) is 12.0 Å². The predicted octanol–water partition coefficient (Wildman–Crippen LogP) is 2.31. The Morgan fingerprint density at radius 1 is 1.33 bits per heavy atom. The summed E-state index contributed by atoms with van der Waals surface area (Å²) >= 11 is 1.54. The van der Waals surface area contributed by atoms with Gasteiger partial charge in [0.25, 0.3) is 0 Å². The van der Waals surface area contributed by atoms with Crippen LogP contribution in [0, 0.1) is 0 Å². The number of hydrogen-bond donors (Lipinski definition) is 1. The molecule has 3 heterocycles. The molecule has 3 rings (SSSR count). The third-order valence-electron chi connectivity index (χ3n) is 4.22. The fourth-order valence-electron chi connectivity index (χ4n) is 2.73. The third kappa shape index (κ3) is 4.79. The van der Waals surface area contributed by atoms with Crippen molar-refractivity contribution in [3.63, 3.8) is 0 Å². The summed E-state index contributed by atoms with van der Waals surface area (Å²) < 4.78 is 17.1. The van der Waals surface area contributed by atoms with Gasteiger partial charge in [0.1, 0.15) is 19.0 Å². The van der Waals surface area contributed by atoms with Crippen LogP contribution in [0.4, 0.5) is 4.39 Å². The van der Waals surface area contributed by atoms with E-state index < -0.39 is 12.2 Å². The molecule has 1 atom stereocenters. The quantitative estimate of drug-likeness (QED) is 0.725. The van der Waals surface area contributed by atoms with Gasteiger partial charge in [0.2, 0.25) is 5.88 Å². The SMILES string of the molecule is C[C@@]1(c2cncc(CC(=O)c3cnc(OCCF)cn3)c2)CCSC(N)=N1. The number of pyridine rings is 1. The number of nitrogens with zero attached hydrogens (tertiary/aromatic N) is 4. The van der Waals surface area contributed by atoms with Gasteiger partial charge in [0.05, 0.1) is 17.9 Å². The second-order valence-corrected chi connectivity index (χ2v) is 7.40. The van der Waals surface area contributed by atoms with Gasteiger partial charge in [-0.3, -0.25) is 14.8 Å². The molecule has 0 aromatic carbocycles. The molecule has 0 amide bonds. The summed E-state index contributed by atoms with van der Waals surface area (Å²) in [6, 6.07) is 1.93. The highest BCUT2D eigenvalue weighted by atomic mass is 32.2. The maximum Gasteiger partial charge on any atom is 0.232 e. The van der Waals surface area contributed by atoms with E-state index in [0.717, 1.165) is 23.3 Å². The average molecular weight is 389 g/mol. The van der Waals surface area contributed by atoms with Crippen LogP contribution >= 0.6 is 11.8 Å². The lowest BCUT2D eigenvalue weighted by atomic mass is 9.90. The zero-order valence-electron chi connectivity index (χ0n) is 14.9. The third-order valence-corrected chi connectivity index (χ3v) is 5.01. The van der Waals surface area contributed by atoms with Crippen LogP contribution < -0.4 is 10.5 Å². The van der Waals surface area contributed by atoms with Gasteiger partial charge in [-0.25, -0.2) is 14.4 Å². The van der Waals surface area contributed by atoms with Crippen molar-refractivity contribution in [2.75, 3.05) is 19.0 Å². The number of aromatic nitrogens is 3. The number of hydrogen-bond acceptors (Lipinski definition) is 8. The number of ether oxygens (including phenoxy) is 1. The van der Waals surface area contributed by atoms with E-state index in [-0.39, 0.29) is 30.4 Å². The molecule has 0 unspecified atom stereocenters. The van der Waals surface area contributed by atoms with Gasteiger partial charge in [-0.1, -0.05) is 11.8 Å². The normalized spacial score (nSPS) is 19.4. The molecule has 0 radical (unpaired) electrons. The Morgan fingerprint density at radius 3 is 2.89 bits per heavy atom. The Morgan fingerprint density at radius 2 is 2.19 bits per heavy atom. The fourth-order valence-corrected chi connectivity index (χ4v) is 3.70. The summed E-state index contributed by atoms with van der Waals surface area (Å²) in [6.45, 7) is 1.31. The molecule has 0 saturated heterocycles. The number of Topliss-reactive ketones (excluding diaryl/α,β-unsaturated/α-hetero) is 1. The molecular formula is C18H20FN5O2S. The maximum atomic E-state index is 12.5. The first-order chi connectivity index (χ1) is 13.0. The van der Waals surface area contributed by atoms with Crippen molar-refractivity contribution in [2.45, 2.75) is 25.3 Å². The van der Waals surface area contributed by atoms with E-state index in [0.29, 0.717) is 5.17 Å². The predicted molar refractivity (Wildman–Crippen MR) is 102 cm³/mol. The Kier molecular flexibility index (Phi) is 6.00. The number of thioether (sulfide) groups is 1. The van der Waals surface area contributed by atoms with Gasteiger partial charge in [-0.05, 0) is 30.5 Å². The monoisotopic (exact) mass is 389 g/mol. The van der Waals surface area contributed by atoms with E-state index in [4.69, 9.17) is 10.5 Å². The molecular weight excluding hydrogens is 369 g/mol. The topological polar surface area (TPSA) is 103 Å². The second-order valence-electron chi connectivity index (χ2n) is 6.28. The van der Waals surface area contributed by atoms with Gasteiger partial charge in [-0.2, -0.15) is 0 Å². The van der Waals surface area contributed by atoms with Crippen LogP contribution in [0.2, 0.25) is 0 Å². The molecule has 9 heteroatoms. The van der Waals surface area contributed by atoms with E-state index in [1.54, 1.807) is 24.2 Å². The van der Waals surface area contributed by atoms with Crippen LogP contribution in [0.1, 0.15) is 35.0 Å². The summed E-state index contributed by atoms with van der Waals surface area (Å²) in [5.74, 6) is 0.888. The number of halogens is 1. The standard InChI is InChI=1S/C18H20FN5O2S/c1-18(2-5-27-17(20)24-18)13-6-12(8-21-9-13)7-15(25)14-10-23-16(11-22-14)26-4-3-19/h6,8-11H,2-5,7H2,1H3,(H2,20,24)/t18-/m0/s1. The van der Waals surface area contributed by atoms with Gasteiger partial charge in [0.15, 0.2) is 11.0 Å². The number of carbonyl (C=O) groups excluding carboxylic acids is 1. The highest BCUT2D eigenvalue weighted by molar-refractivity contribution is 8.13. The Balaban J connectivity index is 1.72. The highest BCUT2D eigenvalue weighted by Gasteiger charge is 2.30. The van der Waals surface area contributed by atoms with Gasteiger partial charge in [-0.15, -0.1) is 0 Å². The molecule has 0 fully saturated rings. The summed E-state index contributed by atoms with van der Waals surface area (Å²) in [5.41, 5.74) is 7.36. The molecule has 1 aliphatic rings. The van der Waals surface area contributed by atoms with E-state index in [1.165, 1.54) is 12.4 Å². The lowest BCUT2D eigenvalue weighted by Gasteiger charge is -2.29. The fraction of sp³-hybridized carbons (Fsp3) is 0.389. The van der Waals surface area contributed by atoms with Crippen molar-refractivity contribution in [2.24, 2.45) is 10.7 Å². The zero-order chi connectivity index (χ0) is 19.3. The van der Waals surface area contributed by atoms with Crippen LogP contribution in [0.5, 0.6) is 5.88 Å². The molecule has 2 N–H and O–H groups in total. The first-order valence-electron chi connectivity index (χ1n) is 8.47. The van der Waals surface area contributed by atoms with Gasteiger partial charge < -0.3 is 10.5 Å². The highest BCUT2D eigenvalue weighted by Crippen LogP contribution is 2.34. The molecule has 1 aliphatic heterocycles. The molecule has 2 aromatic heterocycles. The maximum absolute atomic E-state index is 12.5. The molecule has 0 bridgehead atoms. The lowest BCUT2D eigenvalue weighted by molar-refractivity contribution is 0.0987. The summed E-state index contributed by atoms with van der Waals surface area (Å²) in [4.78, 5) is 29.3. The van der Waals surface area contributed by atoms with Crippen molar-refractivity contribution in [3.8, 4) is 5.88 Å². The number of ketones is 1. The van der Waals surface area contributed by atoms with Crippen molar-refractivity contribution < 1.29 is 13.9 Å². The van der Waals surface area contributed by atoms with Crippen LogP contribution in [-0.4, -0.2) is 44.9 Å². The largest absolute Gasteiger partial charge is 0.474 e. The summed E-state index contributed by atoms with van der Waals surface area (Å²) in [5, 5.41) is 0.565. The number of alkyl halides is 1. The zero-order valence-corrected chi connectivity index (χ0v) is 15.7. The number of nitrogens with two attached hydrogens (primary N) is 1. The Labute approximate surface area is 160 Å². The number of carbonyl (C=O) groups is 1. The average Bonchev–Trinajstić information content (AvgIpc) is 2.67. The van der Waals surface area contributed by atoms with Crippen molar-refractivity contribution in [1.29, 1.82) is 0 Å². The lowest BCUT2D eigenvalue weighted by Crippen LogP contribution is -2.29. The van der Waals surface area contributed by atoms with Gasteiger partial charge >= 0.3 is 0 Å². The van der Waals surface area contributed by atoms with E-state index in [2.05, 4.69) is 19.9 Å². The van der Waals surface area contributed by atoms with E-state index in [1.807, 2.05) is 13.0 Å². The second kappa shape index (κ2) is 8.43. The van der Waals surface area contributed by atoms with Crippen LogP contribution in [0.3, 0.4) is 0 Å².